The maximum Gasteiger partial charge on any atom is 0.244 e. The summed E-state index contributed by atoms with van der Waals surface area (Å²) in [6, 6.07) is 7.71. The highest BCUT2D eigenvalue weighted by atomic mass is 32.2. The highest BCUT2D eigenvalue weighted by molar-refractivity contribution is 7.89. The summed E-state index contributed by atoms with van der Waals surface area (Å²) in [6.45, 7) is 3.73. The Labute approximate surface area is 214 Å². The van der Waals surface area contributed by atoms with Gasteiger partial charge in [0.25, 0.3) is 0 Å². The van der Waals surface area contributed by atoms with E-state index in [1.165, 1.54) is 28.7 Å². The average Bonchev–Trinajstić information content (AvgIpc) is 3.32. The van der Waals surface area contributed by atoms with E-state index in [0.717, 1.165) is 22.5 Å². The van der Waals surface area contributed by atoms with Gasteiger partial charge in [0.2, 0.25) is 10.0 Å². The van der Waals surface area contributed by atoms with E-state index in [0.29, 0.717) is 44.2 Å². The highest BCUT2D eigenvalue weighted by Crippen LogP contribution is 2.46. The quantitative estimate of drug-likeness (QED) is 0.490. The van der Waals surface area contributed by atoms with Crippen LogP contribution in [-0.2, 0) is 21.2 Å². The summed E-state index contributed by atoms with van der Waals surface area (Å²) in [5.41, 5.74) is 3.30. The molecule has 37 heavy (non-hydrogen) atoms. The van der Waals surface area contributed by atoms with Crippen LogP contribution in [0, 0.1) is 11.2 Å². The van der Waals surface area contributed by atoms with Crippen molar-refractivity contribution in [1.82, 2.24) is 19.1 Å². The van der Waals surface area contributed by atoms with Crippen LogP contribution >= 0.6 is 0 Å². The number of hydrogen-bond donors (Lipinski definition) is 0. The molecule has 192 valence electrons. The lowest BCUT2D eigenvalue weighted by molar-refractivity contribution is 0.0477. The minimum Gasteiger partial charge on any atom is -0.484 e. The molecule has 0 saturated carbocycles. The van der Waals surface area contributed by atoms with Crippen LogP contribution in [0.3, 0.4) is 0 Å². The number of hydrogen-bond acceptors (Lipinski definition) is 7. The van der Waals surface area contributed by atoms with Crippen molar-refractivity contribution in [2.45, 2.75) is 24.7 Å². The van der Waals surface area contributed by atoms with Gasteiger partial charge >= 0.3 is 0 Å². The van der Waals surface area contributed by atoms with Gasteiger partial charge in [0.1, 0.15) is 17.3 Å². The smallest absolute Gasteiger partial charge is 0.244 e. The molecule has 1 fully saturated rings. The topological polar surface area (TPSA) is 98.9 Å². The molecule has 3 aromatic rings. The lowest BCUT2D eigenvalue weighted by atomic mass is 9.69. The van der Waals surface area contributed by atoms with Crippen molar-refractivity contribution >= 4 is 28.1 Å². The van der Waals surface area contributed by atoms with Gasteiger partial charge in [0.05, 0.1) is 24.2 Å². The summed E-state index contributed by atoms with van der Waals surface area (Å²) < 4.78 is 55.7. The van der Waals surface area contributed by atoms with E-state index in [4.69, 9.17) is 9.47 Å². The van der Waals surface area contributed by atoms with Crippen LogP contribution in [0.1, 0.15) is 24.6 Å². The molecular weight excluding hydrogens is 497 g/mol. The molecular formula is C26H26FN5O4S. The average molecular weight is 524 g/mol. The summed E-state index contributed by atoms with van der Waals surface area (Å²) in [5, 5.41) is 4.57. The number of aliphatic imine (C=N–C) groups is 1. The van der Waals surface area contributed by atoms with E-state index in [1.807, 2.05) is 6.92 Å². The number of ether oxygens (including phenoxy) is 2. The summed E-state index contributed by atoms with van der Waals surface area (Å²) in [6.07, 6.45) is 7.98. The van der Waals surface area contributed by atoms with E-state index >= 15 is 0 Å². The van der Waals surface area contributed by atoms with Gasteiger partial charge < -0.3 is 9.47 Å². The fourth-order valence-corrected chi connectivity index (χ4v) is 6.77. The Morgan fingerprint density at radius 2 is 2.05 bits per heavy atom. The molecule has 2 aromatic heterocycles. The molecule has 1 saturated heterocycles. The molecule has 1 aromatic carbocycles. The summed E-state index contributed by atoms with van der Waals surface area (Å²) in [7, 11) is -3.83. The second-order valence-corrected chi connectivity index (χ2v) is 11.3. The van der Waals surface area contributed by atoms with Crippen LogP contribution in [0.25, 0.3) is 11.8 Å². The van der Waals surface area contributed by atoms with E-state index in [9.17, 15) is 12.8 Å². The molecule has 11 heteroatoms. The fourth-order valence-electron chi connectivity index (χ4n) is 5.28. The zero-order valence-corrected chi connectivity index (χ0v) is 21.1. The summed E-state index contributed by atoms with van der Waals surface area (Å²) in [4.78, 5) is 8.44. The molecule has 6 rings (SSSR count). The Morgan fingerprint density at radius 3 is 2.86 bits per heavy atom. The molecule has 3 aliphatic rings. The first-order valence-electron chi connectivity index (χ1n) is 12.2. The van der Waals surface area contributed by atoms with Crippen molar-refractivity contribution in [3.05, 3.63) is 65.4 Å². The maximum atomic E-state index is 13.7. The largest absolute Gasteiger partial charge is 0.484 e. The van der Waals surface area contributed by atoms with Crippen LogP contribution in [-0.4, -0.2) is 66.6 Å². The lowest BCUT2D eigenvalue weighted by Crippen LogP contribution is -2.51. The van der Waals surface area contributed by atoms with Gasteiger partial charge in [-0.15, -0.1) is 0 Å². The zero-order valence-electron chi connectivity index (χ0n) is 20.3. The molecule has 0 amide bonds. The molecule has 2 aliphatic heterocycles. The first-order chi connectivity index (χ1) is 17.9. The number of halogens is 1. The van der Waals surface area contributed by atoms with Crippen molar-refractivity contribution in [3.8, 4) is 11.4 Å². The normalized spacial score (nSPS) is 21.0. The number of benzene rings is 1. The number of sulfonamides is 1. The monoisotopic (exact) mass is 523 g/mol. The third-order valence-corrected chi connectivity index (χ3v) is 8.95. The molecule has 1 atom stereocenters. The van der Waals surface area contributed by atoms with Crippen LogP contribution in [0.4, 0.5) is 10.2 Å². The van der Waals surface area contributed by atoms with Gasteiger partial charge in [-0.1, -0.05) is 5.57 Å². The van der Waals surface area contributed by atoms with Crippen LogP contribution in [0.5, 0.6) is 5.75 Å². The molecule has 4 heterocycles. The Balaban J connectivity index is 1.34. The van der Waals surface area contributed by atoms with Crippen molar-refractivity contribution in [2.24, 2.45) is 10.4 Å². The number of fused-ring (bicyclic) bond motifs is 3. The van der Waals surface area contributed by atoms with Gasteiger partial charge in [0.15, 0.2) is 11.6 Å². The second-order valence-electron chi connectivity index (χ2n) is 9.41. The van der Waals surface area contributed by atoms with Crippen molar-refractivity contribution in [1.29, 1.82) is 0 Å². The Bertz CT molecular complexity index is 1520. The van der Waals surface area contributed by atoms with E-state index in [-0.39, 0.29) is 23.9 Å². The van der Waals surface area contributed by atoms with Crippen LogP contribution < -0.4 is 4.74 Å². The van der Waals surface area contributed by atoms with Crippen molar-refractivity contribution in [2.75, 3.05) is 32.9 Å². The first-order valence-corrected chi connectivity index (χ1v) is 13.6. The zero-order chi connectivity index (χ0) is 25.6. The summed E-state index contributed by atoms with van der Waals surface area (Å²) in [5.74, 6) is 0.432. The van der Waals surface area contributed by atoms with Crippen LogP contribution in [0.2, 0.25) is 0 Å². The van der Waals surface area contributed by atoms with Crippen LogP contribution in [0.15, 0.2) is 58.2 Å². The Morgan fingerprint density at radius 1 is 1.22 bits per heavy atom. The molecule has 0 bridgehead atoms. The third-order valence-electron chi connectivity index (χ3n) is 7.14. The Hall–Kier alpha value is -3.41. The number of nitrogens with zero attached hydrogens (tertiary/aromatic N) is 5. The SMILES string of the molecule is CCOC[C@]12Cc3cnn(-c4ccc(F)cc4)c3C=C1CCN(S(=O)(=O)c1cnc3c(c1)OCC=N3)C2. The van der Waals surface area contributed by atoms with Gasteiger partial charge in [-0.3, -0.25) is 0 Å². The predicted molar refractivity (Wildman–Crippen MR) is 135 cm³/mol. The molecule has 0 N–H and O–H groups in total. The molecule has 9 nitrogen and oxygen atoms in total. The number of aromatic nitrogens is 3. The maximum absolute atomic E-state index is 13.7. The van der Waals surface area contributed by atoms with Crippen molar-refractivity contribution < 1.29 is 22.3 Å². The van der Waals surface area contributed by atoms with E-state index in [1.54, 1.807) is 29.2 Å². The standard InChI is InChI=1S/C26H26FN5O4S/c1-2-35-17-26-13-18-14-30-32(21-5-3-20(27)4-6-21)23(18)11-19(26)7-9-31(16-26)37(33,34)22-12-24-25(29-15-22)28-8-10-36-24/h3-6,8,11-12,14-15H,2,7,9-10,13,16-17H2,1H3/t26-/m1/s1. The van der Waals surface area contributed by atoms with E-state index < -0.39 is 15.4 Å². The van der Waals surface area contributed by atoms with Gasteiger partial charge in [-0.2, -0.15) is 9.40 Å². The molecule has 1 aliphatic carbocycles. The fraction of sp³-hybridized carbons (Fsp3) is 0.346. The van der Waals surface area contributed by atoms with E-state index in [2.05, 4.69) is 21.2 Å². The van der Waals surface area contributed by atoms with Gasteiger partial charge in [-0.25, -0.2) is 27.5 Å². The number of piperidine rings is 1. The molecule has 0 unspecified atom stereocenters. The Kier molecular flexibility index (Phi) is 5.93. The minimum atomic E-state index is -3.83. The van der Waals surface area contributed by atoms with Crippen molar-refractivity contribution in [3.63, 3.8) is 0 Å². The predicted octanol–water partition coefficient (Wildman–Crippen LogP) is 3.56. The van der Waals surface area contributed by atoms with Gasteiger partial charge in [-0.05, 0) is 55.7 Å². The molecule has 0 radical (unpaired) electrons. The minimum absolute atomic E-state index is 0.0861. The number of rotatable bonds is 6. The first kappa shape index (κ1) is 24.0. The third kappa shape index (κ3) is 4.16. The molecule has 0 spiro atoms. The highest BCUT2D eigenvalue weighted by Gasteiger charge is 2.46. The number of pyridine rings is 1. The lowest BCUT2D eigenvalue weighted by Gasteiger charge is -2.45. The second kappa shape index (κ2) is 9.16. The van der Waals surface area contributed by atoms with Gasteiger partial charge in [0, 0.05) is 43.6 Å². The summed E-state index contributed by atoms with van der Waals surface area (Å²) >= 11 is 0.